The maximum Gasteiger partial charge on any atom is 0.314 e. The largest absolute Gasteiger partial charge is 0.492 e. The van der Waals surface area contributed by atoms with E-state index >= 15 is 0 Å². The lowest BCUT2D eigenvalue weighted by molar-refractivity contribution is -0.138. The molecule has 1 heterocycles. The van der Waals surface area contributed by atoms with E-state index in [1.54, 1.807) is 12.1 Å². The number of benzene rings is 1. The third kappa shape index (κ3) is 1.34. The summed E-state index contributed by atoms with van der Waals surface area (Å²) in [6.45, 7) is 2.06. The molecule has 1 atom stereocenters. The van der Waals surface area contributed by atoms with Gasteiger partial charge in [-0.25, -0.2) is 0 Å². The Labute approximate surface area is 86.3 Å². The summed E-state index contributed by atoms with van der Waals surface area (Å²) in [6, 6.07) is 3.43. The molecule has 0 aromatic heterocycles. The lowest BCUT2D eigenvalue weighted by Crippen LogP contribution is -2.12. The maximum absolute atomic E-state index is 10.9. The topological polar surface area (TPSA) is 46.5 Å². The molecule has 1 aromatic rings. The van der Waals surface area contributed by atoms with Crippen LogP contribution in [0.3, 0.4) is 0 Å². The molecule has 0 spiro atoms. The second-order valence-electron chi connectivity index (χ2n) is 3.34. The standard InChI is InChI=1S/C10H9ClO3/c1-5-2-6(11)3-7-8(10(12)13)4-14-9(5)7/h2-3,8H,4H2,1H3,(H,12,13). The Balaban J connectivity index is 2.54. The molecule has 1 aliphatic heterocycles. The van der Waals surface area contributed by atoms with E-state index in [1.807, 2.05) is 6.92 Å². The number of rotatable bonds is 1. The summed E-state index contributed by atoms with van der Waals surface area (Å²) in [5.74, 6) is -0.783. The van der Waals surface area contributed by atoms with Crippen molar-refractivity contribution in [3.05, 3.63) is 28.3 Å². The Kier molecular flexibility index (Phi) is 2.11. The minimum Gasteiger partial charge on any atom is -0.492 e. The maximum atomic E-state index is 10.9. The molecule has 0 amide bonds. The van der Waals surface area contributed by atoms with Gasteiger partial charge in [0.2, 0.25) is 0 Å². The third-order valence-corrected chi connectivity index (χ3v) is 2.55. The zero-order chi connectivity index (χ0) is 10.3. The fourth-order valence-corrected chi connectivity index (χ4v) is 1.95. The zero-order valence-corrected chi connectivity index (χ0v) is 8.34. The van der Waals surface area contributed by atoms with Gasteiger partial charge in [-0.1, -0.05) is 11.6 Å². The van der Waals surface area contributed by atoms with Gasteiger partial charge in [0.1, 0.15) is 18.3 Å². The average Bonchev–Trinajstić information content (AvgIpc) is 2.47. The molecule has 0 bridgehead atoms. The Morgan fingerprint density at radius 2 is 2.36 bits per heavy atom. The van der Waals surface area contributed by atoms with Crippen LogP contribution in [-0.4, -0.2) is 17.7 Å². The molecule has 4 heteroatoms. The number of carboxylic acid groups (broad SMARTS) is 1. The van der Waals surface area contributed by atoms with Gasteiger partial charge in [0.05, 0.1) is 0 Å². The first-order valence-electron chi connectivity index (χ1n) is 4.25. The summed E-state index contributed by atoms with van der Waals surface area (Å²) in [4.78, 5) is 10.9. The van der Waals surface area contributed by atoms with Crippen LogP contribution in [0.2, 0.25) is 5.02 Å². The van der Waals surface area contributed by atoms with Crippen LogP contribution >= 0.6 is 11.6 Å². The van der Waals surface area contributed by atoms with Gasteiger partial charge in [-0.05, 0) is 24.6 Å². The normalized spacial score (nSPS) is 18.9. The fourth-order valence-electron chi connectivity index (χ4n) is 1.67. The van der Waals surface area contributed by atoms with E-state index in [-0.39, 0.29) is 6.61 Å². The quantitative estimate of drug-likeness (QED) is 0.777. The SMILES string of the molecule is Cc1cc(Cl)cc2c1OCC2C(=O)O. The second-order valence-corrected chi connectivity index (χ2v) is 3.78. The van der Waals surface area contributed by atoms with E-state index in [0.29, 0.717) is 16.3 Å². The van der Waals surface area contributed by atoms with Crippen molar-refractivity contribution in [2.45, 2.75) is 12.8 Å². The first-order valence-corrected chi connectivity index (χ1v) is 4.63. The van der Waals surface area contributed by atoms with Crippen LogP contribution in [0.1, 0.15) is 17.0 Å². The molecule has 1 aliphatic rings. The van der Waals surface area contributed by atoms with E-state index in [1.165, 1.54) is 0 Å². The molecule has 0 fully saturated rings. The Morgan fingerprint density at radius 1 is 1.64 bits per heavy atom. The number of carbonyl (C=O) groups is 1. The zero-order valence-electron chi connectivity index (χ0n) is 7.58. The van der Waals surface area contributed by atoms with Crippen molar-refractivity contribution in [3.63, 3.8) is 0 Å². The van der Waals surface area contributed by atoms with Gasteiger partial charge in [0.25, 0.3) is 0 Å². The molecule has 0 aliphatic carbocycles. The summed E-state index contributed by atoms with van der Waals surface area (Å²) in [5, 5.41) is 9.47. The van der Waals surface area contributed by atoms with E-state index in [0.717, 1.165) is 5.56 Å². The van der Waals surface area contributed by atoms with E-state index in [2.05, 4.69) is 0 Å². The smallest absolute Gasteiger partial charge is 0.314 e. The molecule has 74 valence electrons. The minimum atomic E-state index is -0.870. The lowest BCUT2D eigenvalue weighted by atomic mass is 10.00. The van der Waals surface area contributed by atoms with Crippen molar-refractivity contribution in [2.24, 2.45) is 0 Å². The number of ether oxygens (including phenoxy) is 1. The van der Waals surface area contributed by atoms with E-state index in [9.17, 15) is 4.79 Å². The molecular weight excluding hydrogens is 204 g/mol. The fraction of sp³-hybridized carbons (Fsp3) is 0.300. The minimum absolute atomic E-state index is 0.200. The number of hydrogen-bond acceptors (Lipinski definition) is 2. The number of halogens is 1. The van der Waals surface area contributed by atoms with E-state index in [4.69, 9.17) is 21.4 Å². The highest BCUT2D eigenvalue weighted by Gasteiger charge is 2.31. The Morgan fingerprint density at radius 3 is 3.00 bits per heavy atom. The van der Waals surface area contributed by atoms with Gasteiger partial charge >= 0.3 is 5.97 Å². The van der Waals surface area contributed by atoms with Gasteiger partial charge in [0.15, 0.2) is 0 Å². The van der Waals surface area contributed by atoms with Crippen molar-refractivity contribution >= 4 is 17.6 Å². The first kappa shape index (κ1) is 9.34. The highest BCUT2D eigenvalue weighted by atomic mass is 35.5. The lowest BCUT2D eigenvalue weighted by Gasteiger charge is -2.04. The molecule has 1 N–H and O–H groups in total. The molecule has 0 saturated heterocycles. The van der Waals surface area contributed by atoms with Crippen LogP contribution in [0.5, 0.6) is 5.75 Å². The third-order valence-electron chi connectivity index (χ3n) is 2.34. The van der Waals surface area contributed by atoms with Crippen molar-refractivity contribution in [2.75, 3.05) is 6.61 Å². The van der Waals surface area contributed by atoms with Crippen molar-refractivity contribution < 1.29 is 14.6 Å². The van der Waals surface area contributed by atoms with Gasteiger partial charge in [-0.3, -0.25) is 4.79 Å². The van der Waals surface area contributed by atoms with Crippen molar-refractivity contribution in [1.82, 2.24) is 0 Å². The summed E-state index contributed by atoms with van der Waals surface area (Å²) >= 11 is 5.85. The van der Waals surface area contributed by atoms with Crippen LogP contribution in [0.15, 0.2) is 12.1 Å². The van der Waals surface area contributed by atoms with Crippen LogP contribution in [0.25, 0.3) is 0 Å². The van der Waals surface area contributed by atoms with E-state index < -0.39 is 11.9 Å². The molecule has 14 heavy (non-hydrogen) atoms. The Bertz CT molecular complexity index is 401. The monoisotopic (exact) mass is 212 g/mol. The molecule has 2 rings (SSSR count). The highest BCUT2D eigenvalue weighted by molar-refractivity contribution is 6.30. The van der Waals surface area contributed by atoms with Gasteiger partial charge in [0, 0.05) is 10.6 Å². The number of fused-ring (bicyclic) bond motifs is 1. The molecule has 1 aromatic carbocycles. The van der Waals surface area contributed by atoms with Crippen molar-refractivity contribution in [3.8, 4) is 5.75 Å². The first-order chi connectivity index (χ1) is 6.59. The Hall–Kier alpha value is -1.22. The number of aliphatic carboxylic acids is 1. The number of carboxylic acids is 1. The number of aryl methyl sites for hydroxylation is 1. The summed E-state index contributed by atoms with van der Waals surface area (Å²) < 4.78 is 5.32. The second kappa shape index (κ2) is 3.17. The molecule has 0 radical (unpaired) electrons. The summed E-state index contributed by atoms with van der Waals surface area (Å²) in [6.07, 6.45) is 0. The predicted molar refractivity (Wildman–Crippen MR) is 52.1 cm³/mol. The highest BCUT2D eigenvalue weighted by Crippen LogP contribution is 2.38. The van der Waals surface area contributed by atoms with Gasteiger partial charge < -0.3 is 9.84 Å². The summed E-state index contributed by atoms with van der Waals surface area (Å²) in [5.41, 5.74) is 1.57. The molecule has 0 saturated carbocycles. The molecular formula is C10H9ClO3. The van der Waals surface area contributed by atoms with Gasteiger partial charge in [-0.2, -0.15) is 0 Å². The predicted octanol–water partition coefficient (Wildman–Crippen LogP) is 2.21. The van der Waals surface area contributed by atoms with Crippen molar-refractivity contribution in [1.29, 1.82) is 0 Å². The van der Waals surface area contributed by atoms with Crippen LogP contribution < -0.4 is 4.74 Å². The average molecular weight is 213 g/mol. The van der Waals surface area contributed by atoms with Crippen LogP contribution in [0, 0.1) is 6.92 Å². The molecule has 1 unspecified atom stereocenters. The number of hydrogen-bond donors (Lipinski definition) is 1. The van der Waals surface area contributed by atoms with Crippen LogP contribution in [-0.2, 0) is 4.79 Å². The molecule has 3 nitrogen and oxygen atoms in total. The van der Waals surface area contributed by atoms with Gasteiger partial charge in [-0.15, -0.1) is 0 Å². The van der Waals surface area contributed by atoms with Crippen LogP contribution in [0.4, 0.5) is 0 Å². The summed E-state index contributed by atoms with van der Waals surface area (Å²) in [7, 11) is 0.